The van der Waals surface area contributed by atoms with Crippen molar-refractivity contribution < 1.29 is 48.5 Å². The number of phenols is 2. The van der Waals surface area contributed by atoms with Crippen LogP contribution in [0.2, 0.25) is 0 Å². The summed E-state index contributed by atoms with van der Waals surface area (Å²) in [5.74, 6) is 2.41. The van der Waals surface area contributed by atoms with E-state index in [0.29, 0.717) is 54.6 Å². The van der Waals surface area contributed by atoms with Crippen molar-refractivity contribution in [3.8, 4) is 40.2 Å². The zero-order chi connectivity index (χ0) is 37.1. The molecule has 1 spiro atoms. The highest BCUT2D eigenvalue weighted by molar-refractivity contribution is 7.99. The van der Waals surface area contributed by atoms with E-state index in [1.165, 1.54) is 7.11 Å². The molecule has 2 fully saturated rings. The maximum Gasteiger partial charge on any atom is 0.331 e. The van der Waals surface area contributed by atoms with Crippen LogP contribution in [0, 0.1) is 13.8 Å². The van der Waals surface area contributed by atoms with Crippen LogP contribution >= 0.6 is 11.8 Å². The molecule has 3 aromatic rings. The number of methoxy groups -OCH3 is 2. The van der Waals surface area contributed by atoms with Gasteiger partial charge >= 0.3 is 5.97 Å². The Bertz CT molecular complexity index is 2040. The van der Waals surface area contributed by atoms with Gasteiger partial charge in [0.1, 0.15) is 18.6 Å². The monoisotopic (exact) mass is 747 g/mol. The van der Waals surface area contributed by atoms with Gasteiger partial charge in [-0.15, -0.1) is 11.8 Å². The summed E-state index contributed by atoms with van der Waals surface area (Å²) in [4.78, 5) is 19.0. The van der Waals surface area contributed by atoms with Gasteiger partial charge < -0.3 is 43.7 Å². The molecule has 0 radical (unpaired) electrons. The number of aryl methyl sites for hydroxylation is 1. The number of fused-ring (bicyclic) bond motifs is 9. The first-order valence-corrected chi connectivity index (χ1v) is 19.2. The summed E-state index contributed by atoms with van der Waals surface area (Å²) in [7, 11) is 5.06. The molecule has 10 rings (SSSR count). The van der Waals surface area contributed by atoms with Gasteiger partial charge in [0, 0.05) is 40.6 Å². The van der Waals surface area contributed by atoms with Crippen molar-refractivity contribution in [2.45, 2.75) is 74.8 Å². The van der Waals surface area contributed by atoms with Gasteiger partial charge in [-0.2, -0.15) is 0 Å². The van der Waals surface area contributed by atoms with Crippen LogP contribution in [0.15, 0.2) is 18.2 Å². The van der Waals surface area contributed by atoms with Gasteiger partial charge in [0.2, 0.25) is 6.79 Å². The zero-order valence-corrected chi connectivity index (χ0v) is 31.5. The Balaban J connectivity index is 1.31. The molecule has 1 unspecified atom stereocenters. The first-order chi connectivity index (χ1) is 25.6. The highest BCUT2D eigenvalue weighted by Crippen LogP contribution is 2.64. The highest BCUT2D eigenvalue weighted by atomic mass is 32.2. The summed E-state index contributed by atoms with van der Waals surface area (Å²) < 4.78 is 36.6. The van der Waals surface area contributed by atoms with E-state index in [1.807, 2.05) is 27.8 Å². The largest absolute Gasteiger partial charge is 0.504 e. The van der Waals surface area contributed by atoms with E-state index in [-0.39, 0.29) is 42.4 Å². The lowest BCUT2D eigenvalue weighted by atomic mass is 9.73. The number of rotatable bonds is 4. The van der Waals surface area contributed by atoms with Crippen molar-refractivity contribution in [2.24, 2.45) is 0 Å². The molecule has 14 heteroatoms. The van der Waals surface area contributed by atoms with Gasteiger partial charge in [0.05, 0.1) is 44.2 Å². The number of nitrogens with zero attached hydrogens (tertiary/aromatic N) is 2. The Morgan fingerprint density at radius 1 is 1.02 bits per heavy atom. The minimum absolute atomic E-state index is 0.0101. The van der Waals surface area contributed by atoms with Crippen LogP contribution in [0.3, 0.4) is 0 Å². The van der Waals surface area contributed by atoms with E-state index in [2.05, 4.69) is 21.2 Å². The molecule has 3 aromatic carbocycles. The molecule has 0 aromatic heterocycles. The Kier molecular flexibility index (Phi) is 8.17. The fraction of sp³-hybridized carbons (Fsp3) is 0.513. The van der Waals surface area contributed by atoms with Gasteiger partial charge in [-0.25, -0.2) is 4.79 Å². The van der Waals surface area contributed by atoms with Crippen molar-refractivity contribution in [1.82, 2.24) is 15.1 Å². The summed E-state index contributed by atoms with van der Waals surface area (Å²) in [6.45, 7) is 6.65. The number of hydrogen-bond donors (Lipinski definition) is 4. The van der Waals surface area contributed by atoms with Crippen molar-refractivity contribution >= 4 is 17.7 Å². The smallest absolute Gasteiger partial charge is 0.331 e. The minimum Gasteiger partial charge on any atom is -0.504 e. The van der Waals surface area contributed by atoms with E-state index in [1.54, 1.807) is 31.0 Å². The van der Waals surface area contributed by atoms with Crippen molar-refractivity contribution in [3.05, 3.63) is 62.7 Å². The maximum absolute atomic E-state index is 14.7. The van der Waals surface area contributed by atoms with Gasteiger partial charge in [-0.3, -0.25) is 15.1 Å². The first kappa shape index (κ1) is 34.7. The van der Waals surface area contributed by atoms with Gasteiger partial charge in [0.25, 0.3) is 0 Å². The molecule has 7 heterocycles. The number of benzene rings is 3. The third-order valence-electron chi connectivity index (χ3n) is 12.3. The summed E-state index contributed by atoms with van der Waals surface area (Å²) in [5.41, 5.74) is 5.30. The van der Waals surface area contributed by atoms with Crippen LogP contribution in [-0.2, 0) is 27.9 Å². The molecular formula is C39H45N3O10S. The molecule has 7 aliphatic heterocycles. The lowest BCUT2D eigenvalue weighted by Gasteiger charge is -2.62. The molecule has 13 nitrogen and oxygen atoms in total. The second kappa shape index (κ2) is 12.5. The number of nitrogens with one attached hydrogen (secondary N) is 1. The summed E-state index contributed by atoms with van der Waals surface area (Å²) in [6.07, 6.45) is 0.131. The standard InChI is InChI=1S/C39H45N3O10S/c1-7-49-33-18(3)34-35(52-16-51-34)27-23-14-50-38(46)39(21-13-25(47-5)24(43)12-19(21)8-9-40-39)15-53-36(28(27)33)30-29-26-20(10-17(2)32(48-6)31(26)44)11-22(41(29)4)37(45)42(23)30/h10,12-13,22-23,29-30,36-37,40,43-45H,7-9,11,14-16H2,1-6H3/t22-,23-,29-,30?,36-,37+,39-/m1/s1. The van der Waals surface area contributed by atoms with Crippen molar-refractivity contribution in [1.29, 1.82) is 0 Å². The molecule has 282 valence electrons. The number of aromatic hydroxyl groups is 2. The quantitative estimate of drug-likeness (QED) is 0.286. The van der Waals surface area contributed by atoms with Crippen LogP contribution in [0.5, 0.6) is 40.2 Å². The lowest BCUT2D eigenvalue weighted by molar-refractivity contribution is -0.186. The summed E-state index contributed by atoms with van der Waals surface area (Å²) in [6, 6.07) is 3.65. The number of piperazine rings is 1. The maximum atomic E-state index is 14.7. The number of carbonyl (C=O) groups is 1. The number of esters is 1. The van der Waals surface area contributed by atoms with Crippen LogP contribution in [0.4, 0.5) is 0 Å². The topological polar surface area (TPSA) is 152 Å². The number of aliphatic hydroxyl groups is 1. The van der Waals surface area contributed by atoms with Crippen LogP contribution in [0.25, 0.3) is 0 Å². The van der Waals surface area contributed by atoms with Gasteiger partial charge in [-0.05, 0) is 75.0 Å². The Hall–Kier alpha value is -4.08. The predicted octanol–water partition coefficient (Wildman–Crippen LogP) is 3.89. The van der Waals surface area contributed by atoms with Crippen LogP contribution < -0.4 is 29.0 Å². The molecule has 53 heavy (non-hydrogen) atoms. The van der Waals surface area contributed by atoms with E-state index in [4.69, 9.17) is 28.4 Å². The van der Waals surface area contributed by atoms with Crippen LogP contribution in [0.1, 0.15) is 68.8 Å². The number of carbonyl (C=O) groups excluding carboxylic acids is 1. The predicted molar refractivity (Wildman–Crippen MR) is 194 cm³/mol. The average molecular weight is 748 g/mol. The highest BCUT2D eigenvalue weighted by Gasteiger charge is 2.61. The van der Waals surface area contributed by atoms with E-state index >= 15 is 0 Å². The minimum atomic E-state index is -1.28. The van der Waals surface area contributed by atoms with Gasteiger partial charge in [-0.1, -0.05) is 6.07 Å². The molecular weight excluding hydrogens is 703 g/mol. The van der Waals surface area contributed by atoms with E-state index in [0.717, 1.165) is 38.9 Å². The Morgan fingerprint density at radius 2 is 1.81 bits per heavy atom. The number of likely N-dealkylation sites (N-methyl/N-ethyl adjacent to an activating group) is 1. The molecule has 7 atom stereocenters. The van der Waals surface area contributed by atoms with E-state index in [9.17, 15) is 20.1 Å². The van der Waals surface area contributed by atoms with Gasteiger partial charge in [0.15, 0.2) is 40.0 Å². The van der Waals surface area contributed by atoms with Crippen molar-refractivity contribution in [3.63, 3.8) is 0 Å². The average Bonchev–Trinajstić information content (AvgIpc) is 3.63. The van der Waals surface area contributed by atoms with E-state index < -0.39 is 41.1 Å². The number of hydrogen-bond acceptors (Lipinski definition) is 14. The molecule has 2 saturated heterocycles. The number of aliphatic hydroxyl groups excluding tert-OH is 1. The lowest BCUT2D eigenvalue weighted by Crippen LogP contribution is -2.70. The molecule has 4 N–H and O–H groups in total. The molecule has 0 saturated carbocycles. The molecule has 7 aliphatic rings. The zero-order valence-electron chi connectivity index (χ0n) is 30.6. The summed E-state index contributed by atoms with van der Waals surface area (Å²) in [5, 5.41) is 38.4. The molecule has 4 bridgehead atoms. The second-order valence-corrected chi connectivity index (χ2v) is 15.9. The Morgan fingerprint density at radius 3 is 2.57 bits per heavy atom. The number of phenolic OH excluding ortho intramolecular Hbond substituents is 2. The SMILES string of the molecule is CCOc1c(C)c2c(c3c1[C@H]1SC[C@]4(NCCc5cc(O)c(OC)cc54)C(=O)OC[C@H]3N3C1[C@H]1c4c(cc(C)c(OC)c4O)C[C@H]([C@@H]3O)N1C)OCO2. The normalized spacial score (nSPS) is 29.8. The number of thioether (sulfide) groups is 1. The molecule has 0 amide bonds. The second-order valence-electron chi connectivity index (χ2n) is 14.8. The van der Waals surface area contributed by atoms with Crippen LogP contribution in [-0.4, -0.2) is 103 Å². The fourth-order valence-electron chi connectivity index (χ4n) is 10.1. The fourth-order valence-corrected chi connectivity index (χ4v) is 11.7. The van der Waals surface area contributed by atoms with Crippen molar-refractivity contribution in [2.75, 3.05) is 53.6 Å². The third kappa shape index (κ3) is 4.68. The molecule has 0 aliphatic carbocycles. The Labute approximate surface area is 312 Å². The number of ether oxygens (including phenoxy) is 6. The third-order valence-corrected chi connectivity index (χ3v) is 13.8. The first-order valence-electron chi connectivity index (χ1n) is 18.2. The summed E-state index contributed by atoms with van der Waals surface area (Å²) >= 11 is 1.58.